The van der Waals surface area contributed by atoms with Crippen molar-refractivity contribution in [1.29, 1.82) is 0 Å². The highest BCUT2D eigenvalue weighted by molar-refractivity contribution is 7.92. The molecule has 37 heavy (non-hydrogen) atoms. The fourth-order valence-corrected chi connectivity index (χ4v) is 6.33. The zero-order chi connectivity index (χ0) is 26.4. The fraction of sp³-hybridized carbons (Fsp3) is 0.321. The Bertz CT molecular complexity index is 1340. The molecule has 3 aromatic rings. The number of rotatable bonds is 9. The van der Waals surface area contributed by atoms with Gasteiger partial charge in [0.05, 0.1) is 20.6 Å². The van der Waals surface area contributed by atoms with E-state index < -0.39 is 22.5 Å². The van der Waals surface area contributed by atoms with E-state index in [-0.39, 0.29) is 20.6 Å². The molecule has 0 saturated carbocycles. The van der Waals surface area contributed by atoms with E-state index in [0.717, 1.165) is 40.6 Å². The number of halogens is 2. The molecule has 0 spiro atoms. The number of sulfonamides is 1. The lowest BCUT2D eigenvalue weighted by molar-refractivity contribution is -0.119. The molecular formula is C28H31Cl2N3O3S. The first-order valence-corrected chi connectivity index (χ1v) is 14.5. The SMILES string of the molecule is Cc1ccc(S(=O)(=O)N(CC(=O)NCc2ccccc2CN2CCCCC2)c2cccc(Cl)c2Cl)cc1. The van der Waals surface area contributed by atoms with Gasteiger partial charge >= 0.3 is 0 Å². The molecule has 0 radical (unpaired) electrons. The molecular weight excluding hydrogens is 529 g/mol. The zero-order valence-corrected chi connectivity index (χ0v) is 23.1. The lowest BCUT2D eigenvalue weighted by Gasteiger charge is -2.27. The Kier molecular flexibility index (Phi) is 9.13. The first-order chi connectivity index (χ1) is 17.8. The Morgan fingerprint density at radius 2 is 1.59 bits per heavy atom. The van der Waals surface area contributed by atoms with E-state index in [1.807, 2.05) is 25.1 Å². The van der Waals surface area contributed by atoms with Crippen LogP contribution in [0.2, 0.25) is 10.0 Å². The molecule has 1 aliphatic heterocycles. The molecule has 4 rings (SSSR count). The number of carbonyl (C=O) groups is 1. The van der Waals surface area contributed by atoms with Gasteiger partial charge in [0, 0.05) is 13.1 Å². The second-order valence-electron chi connectivity index (χ2n) is 9.28. The number of benzene rings is 3. The zero-order valence-electron chi connectivity index (χ0n) is 20.8. The van der Waals surface area contributed by atoms with Crippen molar-refractivity contribution in [2.75, 3.05) is 23.9 Å². The Hall–Kier alpha value is -2.58. The maximum absolute atomic E-state index is 13.6. The molecule has 0 aromatic heterocycles. The van der Waals surface area contributed by atoms with Crippen molar-refractivity contribution in [2.45, 2.75) is 44.2 Å². The molecule has 0 aliphatic carbocycles. The standard InChI is InChI=1S/C28H31Cl2N3O3S/c1-21-12-14-24(15-13-21)37(35,36)33(26-11-7-10-25(29)28(26)30)20-27(34)31-18-22-8-3-4-9-23(22)19-32-16-5-2-6-17-32/h3-4,7-15H,2,5-6,16-20H2,1H3,(H,31,34). The second-order valence-corrected chi connectivity index (χ2v) is 11.9. The normalized spacial score (nSPS) is 14.4. The van der Waals surface area contributed by atoms with Gasteiger partial charge < -0.3 is 5.32 Å². The number of carbonyl (C=O) groups excluding carboxylic acids is 1. The van der Waals surface area contributed by atoms with E-state index in [1.54, 1.807) is 30.3 Å². The van der Waals surface area contributed by atoms with Crippen molar-refractivity contribution in [3.05, 3.63) is 93.5 Å². The fourth-order valence-electron chi connectivity index (χ4n) is 4.44. The molecule has 1 saturated heterocycles. The van der Waals surface area contributed by atoms with Crippen LogP contribution in [-0.4, -0.2) is 38.9 Å². The summed E-state index contributed by atoms with van der Waals surface area (Å²) in [5, 5.41) is 3.18. The summed E-state index contributed by atoms with van der Waals surface area (Å²) in [6.45, 7) is 4.71. The summed E-state index contributed by atoms with van der Waals surface area (Å²) in [6, 6.07) is 19.2. The van der Waals surface area contributed by atoms with Crippen LogP contribution in [0.25, 0.3) is 0 Å². The highest BCUT2D eigenvalue weighted by atomic mass is 35.5. The van der Waals surface area contributed by atoms with E-state index in [1.165, 1.54) is 31.4 Å². The molecule has 1 amide bonds. The largest absolute Gasteiger partial charge is 0.350 e. The lowest BCUT2D eigenvalue weighted by atomic mass is 10.0. The Morgan fingerprint density at radius 1 is 0.919 bits per heavy atom. The molecule has 0 unspecified atom stereocenters. The van der Waals surface area contributed by atoms with Gasteiger partial charge in [0.1, 0.15) is 6.54 Å². The molecule has 1 N–H and O–H groups in total. The maximum atomic E-state index is 13.6. The molecule has 0 bridgehead atoms. The van der Waals surface area contributed by atoms with E-state index >= 15 is 0 Å². The Labute approximate surface area is 229 Å². The van der Waals surface area contributed by atoms with E-state index in [4.69, 9.17) is 23.2 Å². The van der Waals surface area contributed by atoms with Crippen molar-refractivity contribution >= 4 is 44.8 Å². The number of aryl methyl sites for hydroxylation is 1. The van der Waals surface area contributed by atoms with Gasteiger partial charge in [-0.2, -0.15) is 0 Å². The van der Waals surface area contributed by atoms with Crippen LogP contribution in [0.3, 0.4) is 0 Å². The maximum Gasteiger partial charge on any atom is 0.264 e. The quantitative estimate of drug-likeness (QED) is 0.359. The van der Waals surface area contributed by atoms with Crippen molar-refractivity contribution in [2.24, 2.45) is 0 Å². The third kappa shape index (κ3) is 6.85. The summed E-state index contributed by atoms with van der Waals surface area (Å²) in [7, 11) is -4.09. The van der Waals surface area contributed by atoms with Crippen LogP contribution in [0.5, 0.6) is 0 Å². The first kappa shape index (κ1) is 27.5. The minimum Gasteiger partial charge on any atom is -0.350 e. The summed E-state index contributed by atoms with van der Waals surface area (Å²) in [5.41, 5.74) is 3.24. The van der Waals surface area contributed by atoms with E-state index in [9.17, 15) is 13.2 Å². The summed E-state index contributed by atoms with van der Waals surface area (Å²) in [5.74, 6) is -0.445. The minimum absolute atomic E-state index is 0.0637. The van der Waals surface area contributed by atoms with E-state index in [0.29, 0.717) is 6.54 Å². The predicted octanol–water partition coefficient (Wildman–Crippen LogP) is 5.80. The number of amides is 1. The molecule has 196 valence electrons. The van der Waals surface area contributed by atoms with Crippen LogP contribution < -0.4 is 9.62 Å². The minimum atomic E-state index is -4.09. The molecule has 3 aromatic carbocycles. The second kappa shape index (κ2) is 12.3. The topological polar surface area (TPSA) is 69.7 Å². The third-order valence-corrected chi connectivity index (χ3v) is 9.12. The van der Waals surface area contributed by atoms with E-state index in [2.05, 4.69) is 16.3 Å². The molecule has 0 atom stereocenters. The van der Waals surface area contributed by atoms with Crippen molar-refractivity contribution < 1.29 is 13.2 Å². The predicted molar refractivity (Wildman–Crippen MR) is 150 cm³/mol. The Balaban J connectivity index is 1.54. The van der Waals surface area contributed by atoms with Crippen molar-refractivity contribution in [3.8, 4) is 0 Å². The number of nitrogens with zero attached hydrogens (tertiary/aromatic N) is 2. The van der Waals surface area contributed by atoms with Crippen LogP contribution in [0.4, 0.5) is 5.69 Å². The van der Waals surface area contributed by atoms with Gasteiger partial charge in [-0.3, -0.25) is 14.0 Å². The highest BCUT2D eigenvalue weighted by Crippen LogP contribution is 2.35. The molecule has 6 nitrogen and oxygen atoms in total. The average Bonchev–Trinajstić information content (AvgIpc) is 2.89. The number of likely N-dealkylation sites (tertiary alicyclic amines) is 1. The summed E-state index contributed by atoms with van der Waals surface area (Å²) in [6.07, 6.45) is 3.68. The molecule has 9 heteroatoms. The van der Waals surface area contributed by atoms with Crippen LogP contribution in [0.1, 0.15) is 36.0 Å². The average molecular weight is 561 g/mol. The van der Waals surface area contributed by atoms with Gasteiger partial charge in [0.2, 0.25) is 5.91 Å². The number of nitrogens with one attached hydrogen (secondary N) is 1. The van der Waals surface area contributed by atoms with Crippen LogP contribution in [0.15, 0.2) is 71.6 Å². The molecule has 1 aliphatic rings. The number of hydrogen-bond acceptors (Lipinski definition) is 4. The highest BCUT2D eigenvalue weighted by Gasteiger charge is 2.29. The number of anilines is 1. The third-order valence-electron chi connectivity index (χ3n) is 6.53. The Morgan fingerprint density at radius 3 is 2.30 bits per heavy atom. The van der Waals surface area contributed by atoms with Crippen LogP contribution in [-0.2, 0) is 27.9 Å². The van der Waals surface area contributed by atoms with Gasteiger partial charge in [-0.25, -0.2) is 8.42 Å². The van der Waals surface area contributed by atoms with Crippen molar-refractivity contribution in [3.63, 3.8) is 0 Å². The first-order valence-electron chi connectivity index (χ1n) is 12.3. The van der Waals surface area contributed by atoms with Gasteiger partial charge in [-0.15, -0.1) is 0 Å². The number of hydrogen-bond donors (Lipinski definition) is 1. The monoisotopic (exact) mass is 559 g/mol. The molecule has 1 fully saturated rings. The van der Waals surface area contributed by atoms with Gasteiger partial charge in [-0.1, -0.05) is 77.7 Å². The summed E-state index contributed by atoms with van der Waals surface area (Å²) < 4.78 is 28.3. The van der Waals surface area contributed by atoms with Gasteiger partial charge in [0.25, 0.3) is 10.0 Å². The lowest BCUT2D eigenvalue weighted by Crippen LogP contribution is -2.41. The van der Waals surface area contributed by atoms with Crippen molar-refractivity contribution in [1.82, 2.24) is 10.2 Å². The number of piperidine rings is 1. The molecule has 1 heterocycles. The summed E-state index contributed by atoms with van der Waals surface area (Å²) in [4.78, 5) is 15.6. The van der Waals surface area contributed by atoms with Crippen LogP contribution in [0, 0.1) is 6.92 Å². The summed E-state index contributed by atoms with van der Waals surface area (Å²) >= 11 is 12.6. The van der Waals surface area contributed by atoms with Gasteiger partial charge in [0.15, 0.2) is 0 Å². The smallest absolute Gasteiger partial charge is 0.264 e. The van der Waals surface area contributed by atoms with Gasteiger partial charge in [-0.05, 0) is 68.2 Å². The van der Waals surface area contributed by atoms with Crippen LogP contribution >= 0.6 is 23.2 Å².